The van der Waals surface area contributed by atoms with Gasteiger partial charge in [-0.2, -0.15) is 13.2 Å². The van der Waals surface area contributed by atoms with E-state index in [1.807, 2.05) is 0 Å². The van der Waals surface area contributed by atoms with E-state index < -0.39 is 24.5 Å². The quantitative estimate of drug-likeness (QED) is 0.836. The highest BCUT2D eigenvalue weighted by molar-refractivity contribution is 9.10. The molecule has 0 saturated carbocycles. The zero-order valence-corrected chi connectivity index (χ0v) is 10.7. The van der Waals surface area contributed by atoms with Crippen LogP contribution in [0.4, 0.5) is 17.6 Å². The Hall–Kier alpha value is -0.620. The van der Waals surface area contributed by atoms with Gasteiger partial charge < -0.3 is 5.32 Å². The van der Waals surface area contributed by atoms with E-state index in [2.05, 4.69) is 21.2 Å². The summed E-state index contributed by atoms with van der Waals surface area (Å²) in [5.41, 5.74) is 0.522. The van der Waals surface area contributed by atoms with E-state index >= 15 is 0 Å². The molecule has 6 heteroatoms. The van der Waals surface area contributed by atoms with Crippen LogP contribution < -0.4 is 5.32 Å². The van der Waals surface area contributed by atoms with Crippen LogP contribution in [-0.4, -0.2) is 19.3 Å². The second-order valence-corrected chi connectivity index (χ2v) is 4.60. The highest BCUT2D eigenvalue weighted by Crippen LogP contribution is 2.25. The van der Waals surface area contributed by atoms with E-state index in [1.54, 1.807) is 0 Å². The molecule has 1 rings (SSSR count). The highest BCUT2D eigenvalue weighted by atomic mass is 79.9. The predicted molar refractivity (Wildman–Crippen MR) is 61.3 cm³/mol. The van der Waals surface area contributed by atoms with Gasteiger partial charge in [-0.3, -0.25) is 0 Å². The standard InChI is InChI=1S/C11H12BrF4N/c1-17-9(6-11(14,15)16)5-7-4-8(13)2-3-10(7)12/h2-4,9,17H,5-6H2,1H3. The van der Waals surface area contributed by atoms with Crippen molar-refractivity contribution in [1.29, 1.82) is 0 Å². The van der Waals surface area contributed by atoms with Crippen molar-refractivity contribution in [3.05, 3.63) is 34.1 Å². The van der Waals surface area contributed by atoms with Crippen LogP contribution in [0, 0.1) is 5.82 Å². The highest BCUT2D eigenvalue weighted by Gasteiger charge is 2.31. The fourth-order valence-corrected chi connectivity index (χ4v) is 1.93. The molecule has 1 atom stereocenters. The Morgan fingerprint density at radius 1 is 1.35 bits per heavy atom. The van der Waals surface area contributed by atoms with Crippen LogP contribution in [0.2, 0.25) is 0 Å². The smallest absolute Gasteiger partial charge is 0.316 e. The second-order valence-electron chi connectivity index (χ2n) is 3.74. The molecule has 0 aliphatic rings. The number of alkyl halides is 3. The minimum Gasteiger partial charge on any atom is -0.316 e. The fraction of sp³-hybridized carbons (Fsp3) is 0.455. The molecule has 1 unspecified atom stereocenters. The van der Waals surface area contributed by atoms with Crippen molar-refractivity contribution in [2.24, 2.45) is 0 Å². The molecule has 96 valence electrons. The van der Waals surface area contributed by atoms with Crippen LogP contribution in [0.5, 0.6) is 0 Å². The number of rotatable bonds is 4. The summed E-state index contributed by atoms with van der Waals surface area (Å²) in [7, 11) is 1.46. The Balaban J connectivity index is 2.77. The van der Waals surface area contributed by atoms with Crippen molar-refractivity contribution in [3.63, 3.8) is 0 Å². The molecule has 1 N–H and O–H groups in total. The Bertz CT molecular complexity index is 378. The average molecular weight is 314 g/mol. The van der Waals surface area contributed by atoms with Crippen LogP contribution in [-0.2, 0) is 6.42 Å². The molecule has 1 nitrogen and oxygen atoms in total. The summed E-state index contributed by atoms with van der Waals surface area (Å²) in [4.78, 5) is 0. The third-order valence-corrected chi connectivity index (χ3v) is 3.13. The van der Waals surface area contributed by atoms with Gasteiger partial charge in [0.2, 0.25) is 0 Å². The molecule has 0 aromatic heterocycles. The van der Waals surface area contributed by atoms with Gasteiger partial charge in [0.15, 0.2) is 0 Å². The van der Waals surface area contributed by atoms with Crippen molar-refractivity contribution in [3.8, 4) is 0 Å². The summed E-state index contributed by atoms with van der Waals surface area (Å²) in [5, 5.41) is 2.59. The van der Waals surface area contributed by atoms with Crippen molar-refractivity contribution in [2.45, 2.75) is 25.1 Å². The number of nitrogens with one attached hydrogen (secondary N) is 1. The van der Waals surface area contributed by atoms with Crippen molar-refractivity contribution < 1.29 is 17.6 Å². The van der Waals surface area contributed by atoms with Gasteiger partial charge in [-0.15, -0.1) is 0 Å². The first-order valence-electron chi connectivity index (χ1n) is 5.00. The summed E-state index contributed by atoms with van der Waals surface area (Å²) in [5.74, 6) is -0.454. The second kappa shape index (κ2) is 5.82. The molecular weight excluding hydrogens is 302 g/mol. The number of hydrogen-bond acceptors (Lipinski definition) is 1. The van der Waals surface area contributed by atoms with Crippen molar-refractivity contribution in [2.75, 3.05) is 7.05 Å². The van der Waals surface area contributed by atoms with E-state index in [9.17, 15) is 17.6 Å². The zero-order valence-electron chi connectivity index (χ0n) is 9.11. The average Bonchev–Trinajstić information content (AvgIpc) is 2.20. The zero-order chi connectivity index (χ0) is 13.1. The molecule has 1 aromatic carbocycles. The van der Waals surface area contributed by atoms with Gasteiger partial charge in [0.1, 0.15) is 5.82 Å². The Labute approximate surface area is 105 Å². The molecule has 0 bridgehead atoms. The number of likely N-dealkylation sites (N-methyl/N-ethyl adjacent to an activating group) is 1. The van der Waals surface area contributed by atoms with E-state index in [0.717, 1.165) is 0 Å². The van der Waals surface area contributed by atoms with Crippen LogP contribution in [0.3, 0.4) is 0 Å². The maximum atomic E-state index is 13.0. The Kier molecular flexibility index (Phi) is 4.94. The summed E-state index contributed by atoms with van der Waals surface area (Å²) in [6.07, 6.45) is -5.05. The maximum Gasteiger partial charge on any atom is 0.390 e. The normalized spacial score (nSPS) is 13.8. The van der Waals surface area contributed by atoms with Gasteiger partial charge in [0.05, 0.1) is 6.42 Å². The number of halogens is 5. The fourth-order valence-electron chi connectivity index (χ4n) is 1.52. The Morgan fingerprint density at radius 3 is 2.53 bits per heavy atom. The van der Waals surface area contributed by atoms with Gasteiger partial charge in [-0.25, -0.2) is 4.39 Å². The van der Waals surface area contributed by atoms with Crippen LogP contribution >= 0.6 is 15.9 Å². The molecular formula is C11H12BrF4N. The molecule has 1 aromatic rings. The first kappa shape index (κ1) is 14.4. The first-order chi connectivity index (χ1) is 7.81. The van der Waals surface area contributed by atoms with Gasteiger partial charge >= 0.3 is 6.18 Å². The lowest BCUT2D eigenvalue weighted by Gasteiger charge is -2.18. The molecule has 0 saturated heterocycles. The Morgan fingerprint density at radius 2 is 2.00 bits per heavy atom. The molecule has 0 fully saturated rings. The van der Waals surface area contributed by atoms with Crippen molar-refractivity contribution >= 4 is 15.9 Å². The molecule has 0 amide bonds. The third kappa shape index (κ3) is 5.04. The molecule has 0 spiro atoms. The first-order valence-corrected chi connectivity index (χ1v) is 5.79. The maximum absolute atomic E-state index is 13.0. The lowest BCUT2D eigenvalue weighted by atomic mass is 10.0. The van der Waals surface area contributed by atoms with Gasteiger partial charge in [-0.1, -0.05) is 15.9 Å². The van der Waals surface area contributed by atoms with Crippen LogP contribution in [0.1, 0.15) is 12.0 Å². The topological polar surface area (TPSA) is 12.0 Å². The minimum atomic E-state index is -4.23. The monoisotopic (exact) mass is 313 g/mol. The van der Waals surface area contributed by atoms with E-state index in [1.165, 1.54) is 25.2 Å². The molecule has 0 radical (unpaired) electrons. The summed E-state index contributed by atoms with van der Waals surface area (Å²) < 4.78 is 50.3. The SMILES string of the molecule is CNC(Cc1cc(F)ccc1Br)CC(F)(F)F. The van der Waals surface area contributed by atoms with Crippen molar-refractivity contribution in [1.82, 2.24) is 5.32 Å². The molecule has 0 aliphatic heterocycles. The lowest BCUT2D eigenvalue weighted by Crippen LogP contribution is -2.33. The van der Waals surface area contributed by atoms with E-state index in [0.29, 0.717) is 10.0 Å². The minimum absolute atomic E-state index is 0.119. The molecule has 0 heterocycles. The van der Waals surface area contributed by atoms with Gasteiger partial charge in [-0.05, 0) is 37.2 Å². The van der Waals surface area contributed by atoms with Crippen LogP contribution in [0.25, 0.3) is 0 Å². The van der Waals surface area contributed by atoms with E-state index in [-0.39, 0.29) is 6.42 Å². The molecule has 0 aliphatic carbocycles. The number of hydrogen-bond donors (Lipinski definition) is 1. The summed E-state index contributed by atoms with van der Waals surface area (Å²) in [6.45, 7) is 0. The molecule has 17 heavy (non-hydrogen) atoms. The van der Waals surface area contributed by atoms with Gasteiger partial charge in [0, 0.05) is 10.5 Å². The van der Waals surface area contributed by atoms with Crippen LogP contribution in [0.15, 0.2) is 22.7 Å². The van der Waals surface area contributed by atoms with Gasteiger partial charge in [0.25, 0.3) is 0 Å². The number of benzene rings is 1. The lowest BCUT2D eigenvalue weighted by molar-refractivity contribution is -0.139. The third-order valence-electron chi connectivity index (χ3n) is 2.36. The van der Waals surface area contributed by atoms with E-state index in [4.69, 9.17) is 0 Å². The predicted octanol–water partition coefficient (Wildman–Crippen LogP) is 3.67. The largest absolute Gasteiger partial charge is 0.390 e. The summed E-state index contributed by atoms with van der Waals surface area (Å²) in [6, 6.07) is 3.23. The summed E-state index contributed by atoms with van der Waals surface area (Å²) >= 11 is 3.19.